The summed E-state index contributed by atoms with van der Waals surface area (Å²) in [5, 5.41) is 3.05. The largest absolute Gasteiger partial charge is 0.465 e. The van der Waals surface area contributed by atoms with Crippen LogP contribution >= 0.6 is 0 Å². The summed E-state index contributed by atoms with van der Waals surface area (Å²) in [6, 6.07) is 0. The molecule has 0 aliphatic heterocycles. The maximum atomic E-state index is 12.5. The Labute approximate surface area is 113 Å². The summed E-state index contributed by atoms with van der Waals surface area (Å²) in [6.07, 6.45) is 10.5. The molecule has 104 valence electrons. The van der Waals surface area contributed by atoms with Crippen molar-refractivity contribution in [3.63, 3.8) is 0 Å². The van der Waals surface area contributed by atoms with Crippen molar-refractivity contribution in [1.82, 2.24) is 0 Å². The number of nitroso groups, excluding NO2 is 1. The molecule has 0 aromatic heterocycles. The van der Waals surface area contributed by atoms with Gasteiger partial charge in [0.1, 0.15) is 0 Å². The monoisotopic (exact) mass is 263 g/mol. The van der Waals surface area contributed by atoms with Gasteiger partial charge in [-0.3, -0.25) is 4.79 Å². The number of rotatable bonds is 4. The standard InChI is InChI=1S/C15H21NO3/c1-2-19-14(17)15-9-5-3-7-12(11-16-18)13(15)8-4-6-10-15/h3,5,8,12H,2,4,6-7,9-11H2,1H3/t12-,15-/m1/s1. The maximum Gasteiger partial charge on any atom is 0.316 e. The molecular weight excluding hydrogens is 242 g/mol. The number of nitrogens with zero attached hydrogens (tertiary/aromatic N) is 1. The predicted molar refractivity (Wildman–Crippen MR) is 73.5 cm³/mol. The SMILES string of the molecule is CCOC(=O)[C@@]12CC=CC[C@H](CN=O)C1=CCCC2. The molecule has 2 aliphatic carbocycles. The first-order valence-electron chi connectivity index (χ1n) is 7.06. The van der Waals surface area contributed by atoms with Gasteiger partial charge < -0.3 is 4.74 Å². The zero-order valence-corrected chi connectivity index (χ0v) is 11.4. The highest BCUT2D eigenvalue weighted by Crippen LogP contribution is 2.48. The molecule has 0 bridgehead atoms. The molecule has 0 heterocycles. The highest BCUT2D eigenvalue weighted by Gasteiger charge is 2.46. The molecular formula is C15H21NO3. The Bertz CT molecular complexity index is 414. The Hall–Kier alpha value is -1.45. The minimum absolute atomic E-state index is 0.0564. The summed E-state index contributed by atoms with van der Waals surface area (Å²) in [7, 11) is 0. The quantitative estimate of drug-likeness (QED) is 0.444. The Morgan fingerprint density at radius 3 is 3.11 bits per heavy atom. The Morgan fingerprint density at radius 2 is 2.37 bits per heavy atom. The van der Waals surface area contributed by atoms with Gasteiger partial charge in [-0.25, -0.2) is 0 Å². The van der Waals surface area contributed by atoms with E-state index in [2.05, 4.69) is 23.4 Å². The summed E-state index contributed by atoms with van der Waals surface area (Å²) in [4.78, 5) is 23.1. The summed E-state index contributed by atoms with van der Waals surface area (Å²) in [6.45, 7) is 2.48. The van der Waals surface area contributed by atoms with Crippen molar-refractivity contribution in [2.45, 2.75) is 39.0 Å². The normalized spacial score (nSPS) is 29.9. The molecule has 0 unspecified atom stereocenters. The number of carbonyl (C=O) groups excluding carboxylic acids is 1. The van der Waals surface area contributed by atoms with E-state index in [9.17, 15) is 9.70 Å². The summed E-state index contributed by atoms with van der Waals surface area (Å²) < 4.78 is 5.30. The molecule has 0 saturated carbocycles. The number of fused-ring (bicyclic) bond motifs is 1. The first-order valence-corrected chi connectivity index (χ1v) is 7.06. The number of ether oxygens (including phenoxy) is 1. The lowest BCUT2D eigenvalue weighted by molar-refractivity contribution is -0.154. The molecule has 2 atom stereocenters. The maximum absolute atomic E-state index is 12.5. The fraction of sp³-hybridized carbons (Fsp3) is 0.667. The van der Waals surface area contributed by atoms with E-state index in [0.717, 1.165) is 31.3 Å². The van der Waals surface area contributed by atoms with E-state index in [1.807, 2.05) is 6.92 Å². The van der Waals surface area contributed by atoms with Crippen molar-refractivity contribution in [2.24, 2.45) is 16.5 Å². The van der Waals surface area contributed by atoms with Crippen LogP contribution in [0.5, 0.6) is 0 Å². The van der Waals surface area contributed by atoms with Crippen molar-refractivity contribution in [3.8, 4) is 0 Å². The van der Waals surface area contributed by atoms with Gasteiger partial charge in [0.2, 0.25) is 0 Å². The van der Waals surface area contributed by atoms with Crippen molar-refractivity contribution in [3.05, 3.63) is 28.7 Å². The second kappa shape index (κ2) is 6.13. The van der Waals surface area contributed by atoms with Gasteiger partial charge in [0.15, 0.2) is 0 Å². The van der Waals surface area contributed by atoms with Crippen molar-refractivity contribution < 1.29 is 9.53 Å². The molecule has 0 saturated heterocycles. The van der Waals surface area contributed by atoms with Gasteiger partial charge >= 0.3 is 5.97 Å². The number of hydrogen-bond donors (Lipinski definition) is 0. The molecule has 0 amide bonds. The van der Waals surface area contributed by atoms with Gasteiger partial charge in [0.25, 0.3) is 0 Å². The molecule has 0 aromatic carbocycles. The lowest BCUT2D eigenvalue weighted by Crippen LogP contribution is -2.38. The van der Waals surface area contributed by atoms with Crippen LogP contribution in [-0.2, 0) is 9.53 Å². The first kappa shape index (κ1) is 14.0. The van der Waals surface area contributed by atoms with Crippen LogP contribution in [0.15, 0.2) is 29.0 Å². The fourth-order valence-electron chi connectivity index (χ4n) is 3.29. The van der Waals surface area contributed by atoms with Crippen LogP contribution in [0.1, 0.15) is 39.0 Å². The topological polar surface area (TPSA) is 55.7 Å². The van der Waals surface area contributed by atoms with Crippen LogP contribution < -0.4 is 0 Å². The highest BCUT2D eigenvalue weighted by molar-refractivity contribution is 5.81. The van der Waals surface area contributed by atoms with Crippen LogP contribution in [0.3, 0.4) is 0 Å². The Balaban J connectivity index is 2.37. The molecule has 2 aliphatic rings. The number of hydrogen-bond acceptors (Lipinski definition) is 4. The molecule has 0 radical (unpaired) electrons. The van der Waals surface area contributed by atoms with Crippen molar-refractivity contribution >= 4 is 5.97 Å². The first-order chi connectivity index (χ1) is 9.24. The summed E-state index contributed by atoms with van der Waals surface area (Å²) in [5.74, 6) is -0.0793. The molecule has 0 fully saturated rings. The third kappa shape index (κ3) is 2.62. The zero-order valence-electron chi connectivity index (χ0n) is 11.4. The molecule has 4 heteroatoms. The average Bonchev–Trinajstić information content (AvgIpc) is 2.61. The average molecular weight is 263 g/mol. The number of allylic oxidation sites excluding steroid dienone is 3. The minimum Gasteiger partial charge on any atom is -0.465 e. The second-order valence-corrected chi connectivity index (χ2v) is 5.27. The Morgan fingerprint density at radius 1 is 1.53 bits per heavy atom. The molecule has 0 spiro atoms. The van der Waals surface area contributed by atoms with Gasteiger partial charge in [0, 0.05) is 5.92 Å². The lowest BCUT2D eigenvalue weighted by Gasteiger charge is -2.37. The van der Waals surface area contributed by atoms with Gasteiger partial charge in [0.05, 0.1) is 18.6 Å². The van der Waals surface area contributed by atoms with E-state index in [1.165, 1.54) is 0 Å². The molecule has 0 N–H and O–H groups in total. The molecule has 19 heavy (non-hydrogen) atoms. The zero-order chi connectivity index (χ0) is 13.7. The van der Waals surface area contributed by atoms with Crippen molar-refractivity contribution in [1.29, 1.82) is 0 Å². The predicted octanol–water partition coefficient (Wildman–Crippen LogP) is 3.38. The van der Waals surface area contributed by atoms with Crippen LogP contribution in [-0.4, -0.2) is 19.1 Å². The van der Waals surface area contributed by atoms with Gasteiger partial charge in [-0.1, -0.05) is 29.0 Å². The van der Waals surface area contributed by atoms with Crippen molar-refractivity contribution in [2.75, 3.05) is 13.2 Å². The Kier molecular flexibility index (Phi) is 4.51. The van der Waals surface area contributed by atoms with Gasteiger partial charge in [-0.2, -0.15) is 4.91 Å². The lowest BCUT2D eigenvalue weighted by atomic mass is 9.66. The van der Waals surface area contributed by atoms with Crippen LogP contribution in [0.25, 0.3) is 0 Å². The van der Waals surface area contributed by atoms with Gasteiger partial charge in [-0.15, -0.1) is 0 Å². The highest BCUT2D eigenvalue weighted by atomic mass is 16.5. The number of esters is 1. The van der Waals surface area contributed by atoms with Gasteiger partial charge in [-0.05, 0) is 39.0 Å². The molecule has 4 nitrogen and oxygen atoms in total. The second-order valence-electron chi connectivity index (χ2n) is 5.27. The number of carbonyl (C=O) groups is 1. The van der Waals surface area contributed by atoms with E-state index in [0.29, 0.717) is 13.0 Å². The summed E-state index contributed by atoms with van der Waals surface area (Å²) in [5.41, 5.74) is 0.540. The third-order valence-corrected chi connectivity index (χ3v) is 4.18. The van der Waals surface area contributed by atoms with Crippen LogP contribution in [0.4, 0.5) is 0 Å². The van der Waals surface area contributed by atoms with E-state index >= 15 is 0 Å². The van der Waals surface area contributed by atoms with Crippen LogP contribution in [0, 0.1) is 16.2 Å². The van der Waals surface area contributed by atoms with E-state index in [-0.39, 0.29) is 18.4 Å². The molecule has 0 aromatic rings. The summed E-state index contributed by atoms with van der Waals surface area (Å²) >= 11 is 0. The molecule has 2 rings (SSSR count). The third-order valence-electron chi connectivity index (χ3n) is 4.18. The van der Waals surface area contributed by atoms with E-state index < -0.39 is 5.41 Å². The fourth-order valence-corrected chi connectivity index (χ4v) is 3.29. The van der Waals surface area contributed by atoms with E-state index in [4.69, 9.17) is 4.74 Å². The smallest absolute Gasteiger partial charge is 0.316 e. The van der Waals surface area contributed by atoms with E-state index in [1.54, 1.807) is 0 Å². The van der Waals surface area contributed by atoms with Crippen LogP contribution in [0.2, 0.25) is 0 Å². The minimum atomic E-state index is -0.545.